The summed E-state index contributed by atoms with van der Waals surface area (Å²) in [6, 6.07) is 5.08. The number of aryl methyl sites for hydroxylation is 1. The average molecular weight is 316 g/mol. The molecule has 7 heteroatoms. The van der Waals surface area contributed by atoms with Crippen LogP contribution < -0.4 is 20.1 Å². The minimum absolute atomic E-state index is 0.206. The molecule has 122 valence electrons. The molecule has 3 rings (SSSR count). The molecule has 0 bridgehead atoms. The number of carbonyl (C=O) groups is 1. The molecule has 23 heavy (non-hydrogen) atoms. The third-order valence-electron chi connectivity index (χ3n) is 3.95. The van der Waals surface area contributed by atoms with Crippen LogP contribution in [0.25, 0.3) is 0 Å². The summed E-state index contributed by atoms with van der Waals surface area (Å²) in [6.07, 6.45) is 0.870. The Hall–Kier alpha value is -2.54. The van der Waals surface area contributed by atoms with Gasteiger partial charge in [-0.2, -0.15) is 5.10 Å². The summed E-state index contributed by atoms with van der Waals surface area (Å²) in [5.41, 5.74) is 2.59. The van der Waals surface area contributed by atoms with Crippen molar-refractivity contribution in [1.29, 1.82) is 0 Å². The fourth-order valence-electron chi connectivity index (χ4n) is 2.74. The molecule has 0 saturated heterocycles. The number of aromatic nitrogens is 2. The van der Waals surface area contributed by atoms with Crippen LogP contribution in [0.4, 0.5) is 5.82 Å². The Bertz CT molecular complexity index is 739. The van der Waals surface area contributed by atoms with E-state index in [1.165, 1.54) is 0 Å². The van der Waals surface area contributed by atoms with Crippen LogP contribution in [-0.4, -0.2) is 36.5 Å². The maximum atomic E-state index is 12.5. The molecule has 0 atom stereocenters. The van der Waals surface area contributed by atoms with E-state index in [-0.39, 0.29) is 5.91 Å². The fraction of sp³-hybridized carbons (Fsp3) is 0.375. The molecule has 0 radical (unpaired) electrons. The number of benzene rings is 1. The first kappa shape index (κ1) is 15.4. The van der Waals surface area contributed by atoms with E-state index >= 15 is 0 Å². The average Bonchev–Trinajstić information content (AvgIpc) is 2.89. The smallest absolute Gasteiger partial charge is 0.256 e. The van der Waals surface area contributed by atoms with Crippen molar-refractivity contribution < 1.29 is 14.3 Å². The molecule has 1 aliphatic heterocycles. The predicted molar refractivity (Wildman–Crippen MR) is 86.1 cm³/mol. The monoisotopic (exact) mass is 316 g/mol. The van der Waals surface area contributed by atoms with Crippen molar-refractivity contribution >= 4 is 11.7 Å². The van der Waals surface area contributed by atoms with Crippen molar-refractivity contribution in [3.63, 3.8) is 0 Å². The molecule has 0 saturated carbocycles. The fourth-order valence-corrected chi connectivity index (χ4v) is 2.74. The molecule has 2 N–H and O–H groups in total. The van der Waals surface area contributed by atoms with Crippen molar-refractivity contribution in [2.45, 2.75) is 13.0 Å². The van der Waals surface area contributed by atoms with E-state index in [9.17, 15) is 4.79 Å². The van der Waals surface area contributed by atoms with Gasteiger partial charge in [0.05, 0.1) is 19.9 Å². The van der Waals surface area contributed by atoms with Crippen LogP contribution in [0.5, 0.6) is 11.5 Å². The number of hydrogen-bond donors (Lipinski definition) is 2. The standard InChI is InChI=1S/C16H20N4O3/c1-20-15(11-9-17-7-6-12(11)19-20)18-16(21)10-4-5-13(22-2)14(8-10)23-3/h4-5,8,17H,6-7,9H2,1-3H3,(H,18,21). The lowest BCUT2D eigenvalue weighted by molar-refractivity contribution is 0.102. The van der Waals surface area contributed by atoms with Gasteiger partial charge in [-0.05, 0) is 18.2 Å². The maximum absolute atomic E-state index is 12.5. The van der Waals surface area contributed by atoms with Crippen LogP contribution in [-0.2, 0) is 20.0 Å². The molecule has 1 aromatic carbocycles. The Labute approximate surface area is 134 Å². The molecule has 1 aromatic heterocycles. The molecule has 0 unspecified atom stereocenters. The van der Waals surface area contributed by atoms with Crippen LogP contribution in [0, 0.1) is 0 Å². The molecular weight excluding hydrogens is 296 g/mol. The molecule has 1 aliphatic rings. The molecule has 0 fully saturated rings. The van der Waals surface area contributed by atoms with Gasteiger partial charge in [0.2, 0.25) is 0 Å². The Morgan fingerprint density at radius 2 is 2.09 bits per heavy atom. The van der Waals surface area contributed by atoms with Crippen molar-refractivity contribution in [2.75, 3.05) is 26.1 Å². The number of hydrogen-bond acceptors (Lipinski definition) is 5. The lowest BCUT2D eigenvalue weighted by Crippen LogP contribution is -2.24. The van der Waals surface area contributed by atoms with E-state index < -0.39 is 0 Å². The van der Waals surface area contributed by atoms with Gasteiger partial charge in [0.25, 0.3) is 5.91 Å². The highest BCUT2D eigenvalue weighted by Gasteiger charge is 2.21. The van der Waals surface area contributed by atoms with Crippen LogP contribution in [0.15, 0.2) is 18.2 Å². The Morgan fingerprint density at radius 3 is 2.83 bits per heavy atom. The number of fused-ring (bicyclic) bond motifs is 1. The normalized spacial score (nSPS) is 13.3. The van der Waals surface area contributed by atoms with Crippen molar-refractivity contribution in [2.24, 2.45) is 7.05 Å². The highest BCUT2D eigenvalue weighted by atomic mass is 16.5. The number of anilines is 1. The minimum Gasteiger partial charge on any atom is -0.493 e. The van der Waals surface area contributed by atoms with E-state index in [4.69, 9.17) is 9.47 Å². The zero-order valence-corrected chi connectivity index (χ0v) is 13.5. The SMILES string of the molecule is COc1ccc(C(=O)Nc2c3c(nn2C)CCNC3)cc1OC. The second kappa shape index (κ2) is 6.29. The van der Waals surface area contributed by atoms with Gasteiger partial charge in [0.15, 0.2) is 11.5 Å². The highest BCUT2D eigenvalue weighted by Crippen LogP contribution is 2.28. The molecular formula is C16H20N4O3. The topological polar surface area (TPSA) is 77.4 Å². The van der Waals surface area contributed by atoms with Crippen LogP contribution in [0.1, 0.15) is 21.6 Å². The number of methoxy groups -OCH3 is 2. The van der Waals surface area contributed by atoms with Gasteiger partial charge >= 0.3 is 0 Å². The van der Waals surface area contributed by atoms with Gasteiger partial charge in [-0.25, -0.2) is 0 Å². The number of carbonyl (C=O) groups excluding carboxylic acids is 1. The van der Waals surface area contributed by atoms with Crippen molar-refractivity contribution in [3.8, 4) is 11.5 Å². The van der Waals surface area contributed by atoms with E-state index in [0.29, 0.717) is 23.6 Å². The van der Waals surface area contributed by atoms with Gasteiger partial charge in [-0.15, -0.1) is 0 Å². The number of nitrogens with zero attached hydrogens (tertiary/aromatic N) is 2. The van der Waals surface area contributed by atoms with Crippen LogP contribution in [0.3, 0.4) is 0 Å². The zero-order valence-electron chi connectivity index (χ0n) is 13.5. The Balaban J connectivity index is 1.86. The van der Waals surface area contributed by atoms with E-state index in [1.807, 2.05) is 7.05 Å². The Morgan fingerprint density at radius 1 is 1.30 bits per heavy atom. The molecule has 0 aliphatic carbocycles. The summed E-state index contributed by atoms with van der Waals surface area (Å²) in [4.78, 5) is 12.5. The predicted octanol–water partition coefficient (Wildman–Crippen LogP) is 1.34. The van der Waals surface area contributed by atoms with E-state index in [1.54, 1.807) is 37.1 Å². The summed E-state index contributed by atoms with van der Waals surface area (Å²) in [5.74, 6) is 1.63. The Kier molecular flexibility index (Phi) is 4.20. The number of ether oxygens (including phenoxy) is 2. The van der Waals surface area contributed by atoms with Gasteiger partial charge < -0.3 is 20.1 Å². The maximum Gasteiger partial charge on any atom is 0.256 e. The molecule has 7 nitrogen and oxygen atoms in total. The largest absolute Gasteiger partial charge is 0.493 e. The molecule has 2 aromatic rings. The first-order chi connectivity index (χ1) is 11.1. The van der Waals surface area contributed by atoms with Gasteiger partial charge in [0.1, 0.15) is 5.82 Å². The summed E-state index contributed by atoms with van der Waals surface area (Å²) in [7, 11) is 4.94. The third-order valence-corrected chi connectivity index (χ3v) is 3.95. The molecule has 0 spiro atoms. The lowest BCUT2D eigenvalue weighted by atomic mass is 10.1. The first-order valence-corrected chi connectivity index (χ1v) is 7.43. The lowest BCUT2D eigenvalue weighted by Gasteiger charge is -2.14. The van der Waals surface area contributed by atoms with Crippen LogP contribution in [0.2, 0.25) is 0 Å². The van der Waals surface area contributed by atoms with Crippen molar-refractivity contribution in [3.05, 3.63) is 35.0 Å². The second-order valence-corrected chi connectivity index (χ2v) is 5.35. The van der Waals surface area contributed by atoms with Gasteiger partial charge in [0, 0.05) is 37.7 Å². The molecule has 2 heterocycles. The van der Waals surface area contributed by atoms with E-state index in [2.05, 4.69) is 15.7 Å². The molecule has 1 amide bonds. The van der Waals surface area contributed by atoms with Crippen molar-refractivity contribution in [1.82, 2.24) is 15.1 Å². The quantitative estimate of drug-likeness (QED) is 0.890. The zero-order chi connectivity index (χ0) is 16.4. The van der Waals surface area contributed by atoms with Crippen LogP contribution >= 0.6 is 0 Å². The third kappa shape index (κ3) is 2.87. The highest BCUT2D eigenvalue weighted by molar-refractivity contribution is 6.04. The first-order valence-electron chi connectivity index (χ1n) is 7.43. The minimum atomic E-state index is -0.206. The number of rotatable bonds is 4. The number of amides is 1. The number of nitrogens with one attached hydrogen (secondary N) is 2. The van der Waals surface area contributed by atoms with Gasteiger partial charge in [-0.1, -0.05) is 0 Å². The summed E-state index contributed by atoms with van der Waals surface area (Å²) < 4.78 is 12.2. The summed E-state index contributed by atoms with van der Waals surface area (Å²) >= 11 is 0. The summed E-state index contributed by atoms with van der Waals surface area (Å²) in [5, 5.41) is 10.7. The van der Waals surface area contributed by atoms with E-state index in [0.717, 1.165) is 30.0 Å². The second-order valence-electron chi connectivity index (χ2n) is 5.35. The summed E-state index contributed by atoms with van der Waals surface area (Å²) in [6.45, 7) is 1.62. The van der Waals surface area contributed by atoms with Gasteiger partial charge in [-0.3, -0.25) is 9.48 Å².